The molecule has 1 heterocycles. The Balaban J connectivity index is 1.65. The first-order valence-electron chi connectivity index (χ1n) is 8.06. The van der Waals surface area contributed by atoms with Crippen LogP contribution in [-0.2, 0) is 11.3 Å². The van der Waals surface area contributed by atoms with Crippen LogP contribution < -0.4 is 14.2 Å². The molecule has 0 spiro atoms. The van der Waals surface area contributed by atoms with Crippen molar-refractivity contribution in [2.24, 2.45) is 0 Å². The Morgan fingerprint density at radius 1 is 1.17 bits per heavy atom. The molecule has 0 aliphatic carbocycles. The number of likely N-dealkylation sites (N-methyl/N-ethyl adjacent to an activating group) is 1. The van der Waals surface area contributed by atoms with Gasteiger partial charge in [-0.25, -0.2) is 0 Å². The van der Waals surface area contributed by atoms with E-state index in [-0.39, 0.29) is 12.7 Å². The van der Waals surface area contributed by atoms with Crippen molar-refractivity contribution in [1.29, 1.82) is 0 Å². The fourth-order valence-corrected chi connectivity index (χ4v) is 2.62. The Morgan fingerprint density at radius 2 is 1.92 bits per heavy atom. The van der Waals surface area contributed by atoms with Gasteiger partial charge in [0.2, 0.25) is 6.79 Å². The molecule has 2 aromatic carbocycles. The van der Waals surface area contributed by atoms with Crippen LogP contribution in [-0.4, -0.2) is 30.2 Å². The molecule has 0 bridgehead atoms. The predicted octanol–water partition coefficient (Wildman–Crippen LogP) is 3.23. The summed E-state index contributed by atoms with van der Waals surface area (Å²) in [7, 11) is 0. The summed E-state index contributed by atoms with van der Waals surface area (Å²) in [5, 5.41) is 0. The number of fused-ring (bicyclic) bond motifs is 1. The fraction of sp³-hybridized carbons (Fsp3) is 0.316. The first kappa shape index (κ1) is 16.2. The fourth-order valence-electron chi connectivity index (χ4n) is 2.62. The summed E-state index contributed by atoms with van der Waals surface area (Å²) in [6.07, 6.45) is -0.540. The van der Waals surface area contributed by atoms with Crippen molar-refractivity contribution in [3.63, 3.8) is 0 Å². The zero-order valence-electron chi connectivity index (χ0n) is 13.9. The average Bonchev–Trinajstić information content (AvgIpc) is 3.07. The molecule has 1 unspecified atom stereocenters. The van der Waals surface area contributed by atoms with Gasteiger partial charge in [-0.05, 0) is 43.7 Å². The summed E-state index contributed by atoms with van der Waals surface area (Å²) >= 11 is 0. The average molecular weight is 327 g/mol. The smallest absolute Gasteiger partial charge is 0.263 e. The van der Waals surface area contributed by atoms with E-state index in [1.807, 2.05) is 55.5 Å². The number of nitrogens with zero attached hydrogens (tertiary/aromatic N) is 1. The van der Waals surface area contributed by atoms with Crippen molar-refractivity contribution in [3.05, 3.63) is 54.1 Å². The van der Waals surface area contributed by atoms with Gasteiger partial charge in [0.1, 0.15) is 5.75 Å². The summed E-state index contributed by atoms with van der Waals surface area (Å²) in [5.74, 6) is 2.12. The Hall–Kier alpha value is -2.69. The van der Waals surface area contributed by atoms with Crippen molar-refractivity contribution in [2.75, 3.05) is 13.3 Å². The summed E-state index contributed by atoms with van der Waals surface area (Å²) in [6.45, 7) is 5.10. The van der Waals surface area contributed by atoms with Gasteiger partial charge in [-0.3, -0.25) is 4.79 Å². The van der Waals surface area contributed by atoms with Crippen LogP contribution in [0.15, 0.2) is 48.5 Å². The van der Waals surface area contributed by atoms with E-state index in [4.69, 9.17) is 14.2 Å². The van der Waals surface area contributed by atoms with Crippen LogP contribution in [0.4, 0.5) is 0 Å². The van der Waals surface area contributed by atoms with Crippen molar-refractivity contribution < 1.29 is 19.0 Å². The number of rotatable bonds is 6. The number of carbonyl (C=O) groups is 1. The lowest BCUT2D eigenvalue weighted by atomic mass is 10.1. The number of hydrogen-bond donors (Lipinski definition) is 0. The van der Waals surface area contributed by atoms with Crippen LogP contribution in [0.25, 0.3) is 0 Å². The topological polar surface area (TPSA) is 48.0 Å². The third kappa shape index (κ3) is 3.62. The monoisotopic (exact) mass is 327 g/mol. The van der Waals surface area contributed by atoms with Crippen LogP contribution in [0, 0.1) is 0 Å². The van der Waals surface area contributed by atoms with Crippen LogP contribution in [0.2, 0.25) is 0 Å². The molecule has 0 saturated heterocycles. The molecule has 1 amide bonds. The first-order valence-corrected chi connectivity index (χ1v) is 8.06. The SMILES string of the molecule is CCN(Cc1ccc2c(c1)OCO2)C(=O)C(C)Oc1ccccc1. The highest BCUT2D eigenvalue weighted by Gasteiger charge is 2.22. The van der Waals surface area contributed by atoms with Crippen LogP contribution in [0.1, 0.15) is 19.4 Å². The molecule has 0 fully saturated rings. The predicted molar refractivity (Wildman–Crippen MR) is 90.2 cm³/mol. The van der Waals surface area contributed by atoms with E-state index in [1.165, 1.54) is 0 Å². The van der Waals surface area contributed by atoms with Gasteiger partial charge >= 0.3 is 0 Å². The van der Waals surface area contributed by atoms with Gasteiger partial charge in [0.05, 0.1) is 0 Å². The number of hydrogen-bond acceptors (Lipinski definition) is 4. The van der Waals surface area contributed by atoms with E-state index in [0.717, 1.165) is 17.1 Å². The van der Waals surface area contributed by atoms with E-state index in [2.05, 4.69) is 0 Å². The molecule has 1 atom stereocenters. The van der Waals surface area contributed by atoms with Crippen molar-refractivity contribution in [1.82, 2.24) is 4.90 Å². The maximum Gasteiger partial charge on any atom is 0.263 e. The Labute approximate surface area is 141 Å². The normalized spacial score (nSPS) is 13.4. The molecule has 0 saturated carbocycles. The molecule has 24 heavy (non-hydrogen) atoms. The van der Waals surface area contributed by atoms with Gasteiger partial charge in [0.15, 0.2) is 17.6 Å². The van der Waals surface area contributed by atoms with E-state index in [0.29, 0.717) is 18.8 Å². The van der Waals surface area contributed by atoms with E-state index < -0.39 is 6.10 Å². The third-order valence-electron chi connectivity index (χ3n) is 3.91. The molecule has 1 aliphatic rings. The van der Waals surface area contributed by atoms with Crippen LogP contribution >= 0.6 is 0 Å². The number of ether oxygens (including phenoxy) is 3. The molecular formula is C19H21NO4. The first-order chi connectivity index (χ1) is 11.7. The van der Waals surface area contributed by atoms with Crippen molar-refractivity contribution in [2.45, 2.75) is 26.5 Å². The van der Waals surface area contributed by atoms with E-state index in [1.54, 1.807) is 11.8 Å². The lowest BCUT2D eigenvalue weighted by Crippen LogP contribution is -2.39. The van der Waals surface area contributed by atoms with Crippen LogP contribution in [0.3, 0.4) is 0 Å². The summed E-state index contributed by atoms with van der Waals surface area (Å²) in [6, 6.07) is 15.1. The lowest BCUT2D eigenvalue weighted by Gasteiger charge is -2.25. The maximum atomic E-state index is 12.7. The van der Waals surface area contributed by atoms with Crippen molar-refractivity contribution in [3.8, 4) is 17.2 Å². The lowest BCUT2D eigenvalue weighted by molar-refractivity contribution is -0.138. The summed E-state index contributed by atoms with van der Waals surface area (Å²) < 4.78 is 16.4. The zero-order chi connectivity index (χ0) is 16.9. The molecular weight excluding hydrogens is 306 g/mol. The van der Waals surface area contributed by atoms with E-state index in [9.17, 15) is 4.79 Å². The molecule has 1 aliphatic heterocycles. The minimum absolute atomic E-state index is 0.0426. The number of amides is 1. The highest BCUT2D eigenvalue weighted by Crippen LogP contribution is 2.32. The molecule has 0 N–H and O–H groups in total. The maximum absolute atomic E-state index is 12.7. The highest BCUT2D eigenvalue weighted by molar-refractivity contribution is 5.80. The number of benzene rings is 2. The Kier molecular flexibility index (Phi) is 4.89. The molecule has 3 rings (SSSR count). The second kappa shape index (κ2) is 7.25. The standard InChI is InChI=1S/C19H21NO4/c1-3-20(12-15-9-10-17-18(11-15)23-13-22-17)19(21)14(2)24-16-7-5-4-6-8-16/h4-11,14H,3,12-13H2,1-2H3. The third-order valence-corrected chi connectivity index (χ3v) is 3.91. The van der Waals surface area contributed by atoms with Gasteiger partial charge in [-0.1, -0.05) is 24.3 Å². The highest BCUT2D eigenvalue weighted by atomic mass is 16.7. The van der Waals surface area contributed by atoms with E-state index >= 15 is 0 Å². The van der Waals surface area contributed by atoms with Crippen LogP contribution in [0.5, 0.6) is 17.2 Å². The molecule has 2 aromatic rings. The van der Waals surface area contributed by atoms with Gasteiger partial charge in [0, 0.05) is 13.1 Å². The number of carbonyl (C=O) groups excluding carboxylic acids is 1. The zero-order valence-corrected chi connectivity index (χ0v) is 13.9. The minimum Gasteiger partial charge on any atom is -0.481 e. The van der Waals surface area contributed by atoms with Gasteiger partial charge in [0.25, 0.3) is 5.91 Å². The second-order valence-corrected chi connectivity index (χ2v) is 5.61. The molecule has 0 radical (unpaired) electrons. The summed E-state index contributed by atoms with van der Waals surface area (Å²) in [5.41, 5.74) is 1.00. The van der Waals surface area contributed by atoms with Gasteiger partial charge in [-0.2, -0.15) is 0 Å². The van der Waals surface area contributed by atoms with Crippen molar-refractivity contribution >= 4 is 5.91 Å². The number of para-hydroxylation sites is 1. The largest absolute Gasteiger partial charge is 0.481 e. The van der Waals surface area contributed by atoms with Gasteiger partial charge < -0.3 is 19.1 Å². The van der Waals surface area contributed by atoms with Gasteiger partial charge in [-0.15, -0.1) is 0 Å². The molecule has 0 aromatic heterocycles. The quantitative estimate of drug-likeness (QED) is 0.817. The molecule has 5 nitrogen and oxygen atoms in total. The minimum atomic E-state index is -0.540. The molecule has 126 valence electrons. The second-order valence-electron chi connectivity index (χ2n) is 5.61. The Bertz CT molecular complexity index is 702. The molecule has 5 heteroatoms. The Morgan fingerprint density at radius 3 is 2.67 bits per heavy atom. The summed E-state index contributed by atoms with van der Waals surface area (Å²) in [4.78, 5) is 14.4.